The van der Waals surface area contributed by atoms with Crippen molar-refractivity contribution in [2.24, 2.45) is 0 Å². The van der Waals surface area contributed by atoms with Crippen LogP contribution in [0, 0.1) is 0 Å². The van der Waals surface area contributed by atoms with E-state index in [2.05, 4.69) is 25.3 Å². The van der Waals surface area contributed by atoms with E-state index in [1.54, 1.807) is 11.9 Å². The molecule has 0 aliphatic carbocycles. The molecule has 0 amide bonds. The second kappa shape index (κ2) is 4.43. The van der Waals surface area contributed by atoms with Crippen LogP contribution in [0.5, 0.6) is 0 Å². The Kier molecular flexibility index (Phi) is 3.71. The molecular weight excluding hydrogens is 283 g/mol. The zero-order valence-corrected chi connectivity index (χ0v) is 9.58. The minimum Gasteiger partial charge on any atom is -0.349 e. The summed E-state index contributed by atoms with van der Waals surface area (Å²) < 4.78 is 39.6. The zero-order valence-electron chi connectivity index (χ0n) is 7.18. The summed E-state index contributed by atoms with van der Waals surface area (Å²) in [4.78, 5) is 5.00. The lowest BCUT2D eigenvalue weighted by atomic mass is 10.6. The van der Waals surface area contributed by atoms with Gasteiger partial charge in [0.2, 0.25) is 11.0 Å². The van der Waals surface area contributed by atoms with Crippen molar-refractivity contribution in [1.29, 1.82) is 0 Å². The molecule has 1 rings (SSSR count). The summed E-state index contributed by atoms with van der Waals surface area (Å²) in [6.07, 6.45) is -4.45. The Morgan fingerprint density at radius 1 is 1.50 bits per heavy atom. The lowest BCUT2D eigenvalue weighted by Gasteiger charge is -2.12. The van der Waals surface area contributed by atoms with E-state index in [0.717, 1.165) is 11.5 Å². The highest BCUT2D eigenvalue weighted by Crippen LogP contribution is 2.29. The quantitative estimate of drug-likeness (QED) is 0.800. The van der Waals surface area contributed by atoms with Crippen molar-refractivity contribution < 1.29 is 13.2 Å². The van der Waals surface area contributed by atoms with E-state index in [-0.39, 0.29) is 5.13 Å². The van der Waals surface area contributed by atoms with Gasteiger partial charge in [-0.2, -0.15) is 22.5 Å². The summed E-state index contributed by atoms with van der Waals surface area (Å²) >= 11 is 3.93. The predicted molar refractivity (Wildman–Crippen MR) is 52.0 cm³/mol. The summed E-state index contributed by atoms with van der Waals surface area (Å²) in [5.74, 6) is -1.07. The highest BCUT2D eigenvalue weighted by molar-refractivity contribution is 9.09. The average molecular weight is 290 g/mol. The maximum atomic E-state index is 12.1. The Morgan fingerprint density at radius 2 is 2.14 bits per heavy atom. The molecule has 0 saturated heterocycles. The van der Waals surface area contributed by atoms with E-state index in [0.29, 0.717) is 11.9 Å². The highest BCUT2D eigenvalue weighted by atomic mass is 79.9. The molecule has 80 valence electrons. The van der Waals surface area contributed by atoms with E-state index >= 15 is 0 Å². The van der Waals surface area contributed by atoms with Gasteiger partial charge in [-0.15, -0.1) is 0 Å². The number of anilines is 1. The Morgan fingerprint density at radius 3 is 2.57 bits per heavy atom. The zero-order chi connectivity index (χ0) is 10.8. The van der Waals surface area contributed by atoms with Crippen molar-refractivity contribution in [1.82, 2.24) is 9.36 Å². The number of alkyl halides is 4. The van der Waals surface area contributed by atoms with Gasteiger partial charge in [0.25, 0.3) is 0 Å². The Bertz CT molecular complexity index is 301. The van der Waals surface area contributed by atoms with Crippen LogP contribution in [-0.2, 0) is 6.18 Å². The monoisotopic (exact) mass is 289 g/mol. The van der Waals surface area contributed by atoms with E-state index in [1.165, 1.54) is 0 Å². The molecule has 0 bridgehead atoms. The standard InChI is InChI=1S/C6H7BrF3N3S/c1-13(3-2-7)5-11-4(12-14-5)6(8,9)10/h2-3H2,1H3. The van der Waals surface area contributed by atoms with Gasteiger partial charge in [0.05, 0.1) is 0 Å². The Hall–Kier alpha value is -0.370. The number of rotatable bonds is 3. The molecule has 3 nitrogen and oxygen atoms in total. The van der Waals surface area contributed by atoms with Crippen LogP contribution < -0.4 is 4.90 Å². The Labute approximate surface area is 91.2 Å². The third-order valence-corrected chi connectivity index (χ3v) is 2.60. The first-order valence-electron chi connectivity index (χ1n) is 3.63. The van der Waals surface area contributed by atoms with E-state index in [4.69, 9.17) is 0 Å². The number of halogens is 4. The molecule has 14 heavy (non-hydrogen) atoms. The molecule has 0 atom stereocenters. The van der Waals surface area contributed by atoms with Crippen molar-refractivity contribution in [2.45, 2.75) is 6.18 Å². The maximum Gasteiger partial charge on any atom is 0.452 e. The van der Waals surface area contributed by atoms with Crippen LogP contribution in [0.3, 0.4) is 0 Å². The minimum absolute atomic E-state index is 0.275. The van der Waals surface area contributed by atoms with E-state index in [1.807, 2.05) is 0 Å². The number of hydrogen-bond donors (Lipinski definition) is 0. The first-order valence-corrected chi connectivity index (χ1v) is 5.52. The van der Waals surface area contributed by atoms with Crippen molar-refractivity contribution in [3.05, 3.63) is 5.82 Å². The van der Waals surface area contributed by atoms with Crippen LogP contribution in [0.4, 0.5) is 18.3 Å². The molecule has 0 radical (unpaired) electrons. The fraction of sp³-hybridized carbons (Fsp3) is 0.667. The molecule has 0 unspecified atom stereocenters. The van der Waals surface area contributed by atoms with Crippen molar-refractivity contribution in [3.8, 4) is 0 Å². The fourth-order valence-corrected chi connectivity index (χ4v) is 1.91. The molecule has 0 saturated carbocycles. The second-order valence-corrected chi connectivity index (χ2v) is 4.03. The molecule has 0 aromatic carbocycles. The van der Waals surface area contributed by atoms with Gasteiger partial charge in [-0.1, -0.05) is 15.9 Å². The molecule has 1 aromatic heterocycles. The van der Waals surface area contributed by atoms with Gasteiger partial charge in [0.1, 0.15) is 0 Å². The molecule has 0 spiro atoms. The summed E-state index contributed by atoms with van der Waals surface area (Å²) in [7, 11) is 1.67. The van der Waals surface area contributed by atoms with E-state index in [9.17, 15) is 13.2 Å². The van der Waals surface area contributed by atoms with Gasteiger partial charge in [-0.25, -0.2) is 0 Å². The normalized spacial score (nSPS) is 11.8. The molecule has 0 fully saturated rings. The van der Waals surface area contributed by atoms with E-state index < -0.39 is 12.0 Å². The third kappa shape index (κ3) is 2.81. The van der Waals surface area contributed by atoms with Crippen LogP contribution in [0.15, 0.2) is 0 Å². The molecule has 1 aromatic rings. The summed E-state index contributed by atoms with van der Waals surface area (Å²) in [6.45, 7) is 0.590. The lowest BCUT2D eigenvalue weighted by Crippen LogP contribution is -2.19. The average Bonchev–Trinajstić information content (AvgIpc) is 2.51. The lowest BCUT2D eigenvalue weighted by molar-refractivity contribution is -0.144. The van der Waals surface area contributed by atoms with Crippen LogP contribution in [0.1, 0.15) is 5.82 Å². The summed E-state index contributed by atoms with van der Waals surface area (Å²) in [5.41, 5.74) is 0. The minimum atomic E-state index is -4.45. The molecule has 8 heteroatoms. The summed E-state index contributed by atoms with van der Waals surface area (Å²) in [5, 5.41) is 0.946. The highest BCUT2D eigenvalue weighted by Gasteiger charge is 2.36. The van der Waals surface area contributed by atoms with Crippen LogP contribution in [0.2, 0.25) is 0 Å². The SMILES string of the molecule is CN(CCBr)c1nc(C(F)(F)F)ns1. The van der Waals surface area contributed by atoms with Crippen LogP contribution in [-0.4, -0.2) is 28.3 Å². The van der Waals surface area contributed by atoms with Gasteiger partial charge < -0.3 is 4.90 Å². The van der Waals surface area contributed by atoms with Crippen LogP contribution >= 0.6 is 27.5 Å². The molecule has 0 aliphatic rings. The predicted octanol–water partition coefficient (Wildman–Crippen LogP) is 2.39. The number of aromatic nitrogens is 2. The second-order valence-electron chi connectivity index (χ2n) is 2.51. The number of nitrogens with zero attached hydrogens (tertiary/aromatic N) is 3. The molecular formula is C6H7BrF3N3S. The van der Waals surface area contributed by atoms with Gasteiger partial charge in [-0.3, -0.25) is 0 Å². The van der Waals surface area contributed by atoms with Gasteiger partial charge >= 0.3 is 6.18 Å². The maximum absolute atomic E-state index is 12.1. The largest absolute Gasteiger partial charge is 0.452 e. The van der Waals surface area contributed by atoms with Gasteiger partial charge in [0, 0.05) is 30.5 Å². The fourth-order valence-electron chi connectivity index (χ4n) is 0.708. The smallest absolute Gasteiger partial charge is 0.349 e. The first kappa shape index (κ1) is 11.7. The number of hydrogen-bond acceptors (Lipinski definition) is 4. The Balaban J connectivity index is 2.78. The van der Waals surface area contributed by atoms with Gasteiger partial charge in [0.15, 0.2) is 0 Å². The summed E-state index contributed by atoms with van der Waals surface area (Å²) in [6, 6.07) is 0. The van der Waals surface area contributed by atoms with Crippen LogP contribution in [0.25, 0.3) is 0 Å². The molecule has 0 aliphatic heterocycles. The van der Waals surface area contributed by atoms with Crippen molar-refractivity contribution >= 4 is 32.6 Å². The molecule has 0 N–H and O–H groups in total. The topological polar surface area (TPSA) is 29.0 Å². The molecule has 1 heterocycles. The first-order chi connectivity index (χ1) is 6.45. The van der Waals surface area contributed by atoms with Gasteiger partial charge in [-0.05, 0) is 0 Å². The van der Waals surface area contributed by atoms with Crippen molar-refractivity contribution in [2.75, 3.05) is 23.8 Å². The van der Waals surface area contributed by atoms with Crippen molar-refractivity contribution in [3.63, 3.8) is 0 Å². The third-order valence-electron chi connectivity index (χ3n) is 1.42.